The first kappa shape index (κ1) is 13.9. The van der Waals surface area contributed by atoms with Gasteiger partial charge < -0.3 is 15.8 Å². The van der Waals surface area contributed by atoms with Gasteiger partial charge in [0.15, 0.2) is 0 Å². The van der Waals surface area contributed by atoms with Crippen molar-refractivity contribution in [1.29, 1.82) is 0 Å². The van der Waals surface area contributed by atoms with Gasteiger partial charge in [-0.2, -0.15) is 0 Å². The lowest BCUT2D eigenvalue weighted by Gasteiger charge is -2.08. The van der Waals surface area contributed by atoms with E-state index in [2.05, 4.69) is 5.32 Å². The number of ether oxygens (including phenoxy) is 1. The van der Waals surface area contributed by atoms with E-state index in [1.165, 1.54) is 11.8 Å². The quantitative estimate of drug-likeness (QED) is 0.458. The van der Waals surface area contributed by atoms with Crippen LogP contribution in [0.1, 0.15) is 5.56 Å². The Morgan fingerprint density at radius 3 is 3.00 bits per heavy atom. The fourth-order valence-electron chi connectivity index (χ4n) is 1.27. The second-order valence-corrected chi connectivity index (χ2v) is 4.62. The van der Waals surface area contributed by atoms with Crippen molar-refractivity contribution in [1.82, 2.24) is 5.32 Å². The third-order valence-electron chi connectivity index (χ3n) is 2.31. The molecule has 17 heavy (non-hydrogen) atoms. The zero-order chi connectivity index (χ0) is 12.7. The van der Waals surface area contributed by atoms with Crippen molar-refractivity contribution in [2.24, 2.45) is 0 Å². The van der Waals surface area contributed by atoms with Crippen LogP contribution >= 0.6 is 11.8 Å². The molecule has 0 fully saturated rings. The van der Waals surface area contributed by atoms with Gasteiger partial charge in [-0.1, -0.05) is 6.07 Å². The highest BCUT2D eigenvalue weighted by Crippen LogP contribution is 2.25. The van der Waals surface area contributed by atoms with E-state index in [9.17, 15) is 4.79 Å². The highest BCUT2D eigenvalue weighted by molar-refractivity contribution is 8.00. The van der Waals surface area contributed by atoms with Crippen LogP contribution in [0.25, 0.3) is 0 Å². The third kappa shape index (κ3) is 4.66. The molecule has 1 amide bonds. The summed E-state index contributed by atoms with van der Waals surface area (Å²) >= 11 is 1.49. The summed E-state index contributed by atoms with van der Waals surface area (Å²) in [7, 11) is 1.61. The van der Waals surface area contributed by atoms with E-state index in [1.807, 2.05) is 25.1 Å². The second kappa shape index (κ2) is 7.19. The van der Waals surface area contributed by atoms with Gasteiger partial charge in [0, 0.05) is 24.2 Å². The van der Waals surface area contributed by atoms with E-state index in [4.69, 9.17) is 10.5 Å². The number of hydrogen-bond acceptors (Lipinski definition) is 4. The Bertz CT molecular complexity index is 383. The van der Waals surface area contributed by atoms with E-state index in [0.717, 1.165) is 16.1 Å². The summed E-state index contributed by atoms with van der Waals surface area (Å²) in [5.41, 5.74) is 7.58. The molecule has 0 aliphatic rings. The molecule has 0 aromatic heterocycles. The molecule has 94 valence electrons. The van der Waals surface area contributed by atoms with Crippen LogP contribution in [0.3, 0.4) is 0 Å². The maximum Gasteiger partial charge on any atom is 0.230 e. The van der Waals surface area contributed by atoms with E-state index in [1.54, 1.807) is 7.11 Å². The van der Waals surface area contributed by atoms with Crippen LogP contribution in [-0.2, 0) is 9.53 Å². The van der Waals surface area contributed by atoms with E-state index in [-0.39, 0.29) is 5.91 Å². The van der Waals surface area contributed by atoms with Crippen LogP contribution < -0.4 is 11.1 Å². The maximum absolute atomic E-state index is 11.5. The van der Waals surface area contributed by atoms with Gasteiger partial charge in [-0.05, 0) is 24.6 Å². The lowest BCUT2D eigenvalue weighted by molar-refractivity contribution is -0.118. The summed E-state index contributed by atoms with van der Waals surface area (Å²) in [6, 6.07) is 5.73. The highest BCUT2D eigenvalue weighted by atomic mass is 32.2. The Morgan fingerprint density at radius 2 is 2.29 bits per heavy atom. The predicted octanol–water partition coefficient (Wildman–Crippen LogP) is 1.43. The Labute approximate surface area is 106 Å². The van der Waals surface area contributed by atoms with Crippen LogP contribution in [0.5, 0.6) is 0 Å². The molecule has 0 unspecified atom stereocenters. The van der Waals surface area contributed by atoms with Gasteiger partial charge >= 0.3 is 0 Å². The zero-order valence-corrected chi connectivity index (χ0v) is 11.0. The average Bonchev–Trinajstić information content (AvgIpc) is 2.31. The molecule has 4 nitrogen and oxygen atoms in total. The molecule has 0 bridgehead atoms. The molecule has 0 aliphatic carbocycles. The van der Waals surface area contributed by atoms with E-state index in [0.29, 0.717) is 18.9 Å². The summed E-state index contributed by atoms with van der Waals surface area (Å²) in [6.07, 6.45) is 0. The highest BCUT2D eigenvalue weighted by Gasteiger charge is 2.05. The smallest absolute Gasteiger partial charge is 0.230 e. The van der Waals surface area contributed by atoms with Crippen LogP contribution in [0.15, 0.2) is 23.1 Å². The summed E-state index contributed by atoms with van der Waals surface area (Å²) in [5.74, 6) is 0.405. The largest absolute Gasteiger partial charge is 0.398 e. The lowest BCUT2D eigenvalue weighted by Crippen LogP contribution is -2.28. The van der Waals surface area contributed by atoms with Crippen molar-refractivity contribution < 1.29 is 9.53 Å². The van der Waals surface area contributed by atoms with Crippen molar-refractivity contribution >= 4 is 23.4 Å². The number of nitrogens with one attached hydrogen (secondary N) is 1. The molecule has 0 spiro atoms. The maximum atomic E-state index is 11.5. The molecule has 5 heteroatoms. The first-order chi connectivity index (χ1) is 8.15. The Hall–Kier alpha value is -1.20. The number of nitrogen functional groups attached to an aromatic ring is 1. The summed E-state index contributed by atoms with van der Waals surface area (Å²) < 4.78 is 4.85. The summed E-state index contributed by atoms with van der Waals surface area (Å²) in [5, 5.41) is 2.77. The molecule has 0 aliphatic heterocycles. The molecule has 0 heterocycles. The first-order valence-corrected chi connectivity index (χ1v) is 6.37. The molecule has 0 saturated carbocycles. The SMILES string of the molecule is COCCNC(=O)CSc1cccc(N)c1C. The molecule has 1 aromatic rings. The van der Waals surface area contributed by atoms with Crippen molar-refractivity contribution in [3.8, 4) is 0 Å². The van der Waals surface area contributed by atoms with Crippen LogP contribution in [0.2, 0.25) is 0 Å². The number of carbonyl (C=O) groups excluding carboxylic acids is 1. The third-order valence-corrected chi connectivity index (χ3v) is 3.47. The number of methoxy groups -OCH3 is 1. The number of rotatable bonds is 6. The van der Waals surface area contributed by atoms with Gasteiger partial charge in [-0.15, -0.1) is 11.8 Å². The molecule has 0 atom stereocenters. The molecule has 3 N–H and O–H groups in total. The molecule has 1 rings (SSSR count). The number of amides is 1. The zero-order valence-electron chi connectivity index (χ0n) is 10.2. The molecular weight excluding hydrogens is 236 g/mol. The second-order valence-electron chi connectivity index (χ2n) is 3.60. The Morgan fingerprint density at radius 1 is 1.53 bits per heavy atom. The van der Waals surface area contributed by atoms with Crippen molar-refractivity contribution in [2.45, 2.75) is 11.8 Å². The number of benzene rings is 1. The molecular formula is C12H18N2O2S. The van der Waals surface area contributed by atoms with Crippen LogP contribution in [0, 0.1) is 6.92 Å². The minimum Gasteiger partial charge on any atom is -0.398 e. The van der Waals surface area contributed by atoms with Crippen molar-refractivity contribution in [3.05, 3.63) is 23.8 Å². The van der Waals surface area contributed by atoms with Gasteiger partial charge in [0.05, 0.1) is 12.4 Å². The fraction of sp³-hybridized carbons (Fsp3) is 0.417. The summed E-state index contributed by atoms with van der Waals surface area (Å²) in [4.78, 5) is 12.5. The average molecular weight is 254 g/mol. The normalized spacial score (nSPS) is 10.2. The van der Waals surface area contributed by atoms with Gasteiger partial charge in [0.25, 0.3) is 0 Å². The summed E-state index contributed by atoms with van der Waals surface area (Å²) in [6.45, 7) is 3.04. The minimum atomic E-state index is 0.00822. The molecule has 0 radical (unpaired) electrons. The Kier molecular flexibility index (Phi) is 5.86. The Balaban J connectivity index is 2.39. The number of carbonyl (C=O) groups is 1. The van der Waals surface area contributed by atoms with E-state index < -0.39 is 0 Å². The van der Waals surface area contributed by atoms with Gasteiger partial charge in [0.1, 0.15) is 0 Å². The predicted molar refractivity (Wildman–Crippen MR) is 71.2 cm³/mol. The number of nitrogens with two attached hydrogens (primary N) is 1. The van der Waals surface area contributed by atoms with Gasteiger partial charge in [-0.3, -0.25) is 4.79 Å². The van der Waals surface area contributed by atoms with Crippen molar-refractivity contribution in [2.75, 3.05) is 31.7 Å². The number of anilines is 1. The first-order valence-electron chi connectivity index (χ1n) is 5.38. The minimum absolute atomic E-state index is 0.00822. The standard InChI is InChI=1S/C12H18N2O2S/c1-9-10(13)4-3-5-11(9)17-8-12(15)14-6-7-16-2/h3-5H,6-8,13H2,1-2H3,(H,14,15). The lowest BCUT2D eigenvalue weighted by atomic mass is 10.2. The number of thioether (sulfide) groups is 1. The van der Waals surface area contributed by atoms with Crippen LogP contribution in [0.4, 0.5) is 5.69 Å². The van der Waals surface area contributed by atoms with Crippen LogP contribution in [-0.4, -0.2) is 31.9 Å². The fourth-order valence-corrected chi connectivity index (χ4v) is 2.17. The van der Waals surface area contributed by atoms with Gasteiger partial charge in [-0.25, -0.2) is 0 Å². The number of hydrogen-bond donors (Lipinski definition) is 2. The topological polar surface area (TPSA) is 64.3 Å². The van der Waals surface area contributed by atoms with E-state index >= 15 is 0 Å². The molecule has 0 saturated heterocycles. The molecule has 1 aromatic carbocycles. The monoisotopic (exact) mass is 254 g/mol. The van der Waals surface area contributed by atoms with Crippen molar-refractivity contribution in [3.63, 3.8) is 0 Å². The van der Waals surface area contributed by atoms with Gasteiger partial charge in [0.2, 0.25) is 5.91 Å².